The van der Waals surface area contributed by atoms with Crippen LogP contribution in [0, 0.1) is 5.92 Å². The Kier molecular flexibility index (Phi) is 17.4. The molecule has 79 heavy (non-hydrogen) atoms. The third-order valence-electron chi connectivity index (χ3n) is 14.6. The molecule has 0 aliphatic carbocycles. The molecule has 0 bridgehead atoms. The maximum Gasteiger partial charge on any atom is 0.270 e. The van der Waals surface area contributed by atoms with Gasteiger partial charge in [0.25, 0.3) is 11.8 Å². The zero-order chi connectivity index (χ0) is 54.7. The Balaban J connectivity index is 0.702. The van der Waals surface area contributed by atoms with Gasteiger partial charge in [0.15, 0.2) is 0 Å². The van der Waals surface area contributed by atoms with E-state index in [1.165, 1.54) is 0 Å². The first-order chi connectivity index (χ1) is 38.6. The summed E-state index contributed by atoms with van der Waals surface area (Å²) in [6.45, 7) is 14.9. The van der Waals surface area contributed by atoms with Crippen molar-refractivity contribution in [2.45, 2.75) is 45.3 Å². The lowest BCUT2D eigenvalue weighted by atomic mass is 9.97. The predicted octanol–water partition coefficient (Wildman–Crippen LogP) is 8.20. The molecule has 410 valence electrons. The van der Waals surface area contributed by atoms with Gasteiger partial charge in [0.2, 0.25) is 11.9 Å². The molecule has 2 saturated heterocycles. The van der Waals surface area contributed by atoms with Crippen molar-refractivity contribution in [1.29, 1.82) is 0 Å². The van der Waals surface area contributed by atoms with Crippen LogP contribution in [0.5, 0.6) is 11.5 Å². The fraction of sp³-hybridized carbons (Fsp3) is 0.356. The number of nitrogens with zero attached hydrogens (tertiary/aromatic N) is 10. The number of aliphatic hydroxyl groups excluding tert-OH is 1. The molecule has 5 N–H and O–H groups in total. The molecule has 20 heteroatoms. The minimum atomic E-state index is -0.395. The second-order valence-electron chi connectivity index (χ2n) is 20.0. The summed E-state index contributed by atoms with van der Waals surface area (Å²) in [4.78, 5) is 70.6. The summed E-state index contributed by atoms with van der Waals surface area (Å²) in [5.41, 5.74) is 6.88. The van der Waals surface area contributed by atoms with Crippen molar-refractivity contribution in [2.24, 2.45) is 5.92 Å². The number of ether oxygens (including phenoxy) is 3. The summed E-state index contributed by atoms with van der Waals surface area (Å²) in [6, 6.07) is 26.5. The molecule has 2 fully saturated rings. The normalized spacial score (nSPS) is 16.0. The van der Waals surface area contributed by atoms with Gasteiger partial charge in [0.1, 0.15) is 29.5 Å². The number of likely N-dealkylation sites (N-methyl/N-ethyl adjacent to an activating group) is 1. The standard InChI is InChI=1S/C59H68N14O6/c1-5-8-55(74)39(7-3)38-79-46-14-18-61-52(35-46)50-16-20-63-59(69-50)65-43-10-12-48-41(31-43)33-54(67-48)57(76)73-24-21-70(4)44(37-73)36-71-22-25-72(26-23-71)56(75)53-32-40-30-42(9-11-47(40)66-53)64-58-62-19-15-49(68-58)51-34-45(13-17-60-51)78-29-28-77-27-6-2/h6,9-20,30-35,39,44,55,66-67,74H,2,5,7-8,21-29,36-38H2,1,3-4H3,(H,62,64,68)(H,63,65,69). The average Bonchev–Trinajstić information content (AvgIpc) is 4.16. The highest BCUT2D eigenvalue weighted by Gasteiger charge is 2.32. The second-order valence-corrected chi connectivity index (χ2v) is 20.0. The molecule has 0 saturated carbocycles. The number of rotatable bonds is 23. The number of piperazine rings is 2. The molecule has 2 amide bonds. The summed E-state index contributed by atoms with van der Waals surface area (Å²) in [6.07, 6.45) is 10.5. The fourth-order valence-corrected chi connectivity index (χ4v) is 10.0. The van der Waals surface area contributed by atoms with Crippen LogP contribution in [0.2, 0.25) is 0 Å². The smallest absolute Gasteiger partial charge is 0.270 e. The van der Waals surface area contributed by atoms with Gasteiger partial charge >= 0.3 is 0 Å². The third-order valence-corrected chi connectivity index (χ3v) is 14.6. The molecule has 0 spiro atoms. The van der Waals surface area contributed by atoms with Gasteiger partial charge in [-0.15, -0.1) is 6.58 Å². The van der Waals surface area contributed by atoms with E-state index in [9.17, 15) is 14.7 Å². The molecule has 2 aliphatic rings. The van der Waals surface area contributed by atoms with Gasteiger partial charge in [-0.25, -0.2) is 19.9 Å². The Morgan fingerprint density at radius 3 is 1.85 bits per heavy atom. The van der Waals surface area contributed by atoms with Crippen LogP contribution in [0.15, 0.2) is 122 Å². The first-order valence-electron chi connectivity index (χ1n) is 27.1. The summed E-state index contributed by atoms with van der Waals surface area (Å²) in [5, 5.41) is 18.9. The van der Waals surface area contributed by atoms with Crippen LogP contribution in [-0.4, -0.2) is 174 Å². The number of amides is 2. The van der Waals surface area contributed by atoms with Crippen LogP contribution in [0.25, 0.3) is 44.6 Å². The molecule has 3 unspecified atom stereocenters. The zero-order valence-corrected chi connectivity index (χ0v) is 45.0. The molecular formula is C59H68N14O6. The zero-order valence-electron chi connectivity index (χ0n) is 45.0. The number of hydrogen-bond acceptors (Lipinski definition) is 16. The SMILES string of the molecule is C=CCOCCOc1ccnc(-c2ccnc(Nc3ccc4[nH]c(C(=O)N5CCN(CC6CN(C(=O)c7cc8cc(Nc9nccc(-c%10cc(OCC(CC)C(O)CCC)ccn%10)n9)ccc8[nH]7)CCN6C)CC5)cc4c3)n2)c1. The lowest BCUT2D eigenvalue weighted by molar-refractivity contribution is 0.0368. The maximum atomic E-state index is 14.1. The highest BCUT2D eigenvalue weighted by atomic mass is 16.5. The quantitative estimate of drug-likeness (QED) is 0.0300. The Morgan fingerprint density at radius 2 is 1.27 bits per heavy atom. The highest BCUT2D eigenvalue weighted by Crippen LogP contribution is 2.28. The van der Waals surface area contributed by atoms with Crippen molar-refractivity contribution in [3.8, 4) is 34.3 Å². The number of H-pyrrole nitrogens is 2. The number of pyridine rings is 2. The van der Waals surface area contributed by atoms with E-state index in [0.717, 1.165) is 78.6 Å². The molecule has 2 aromatic carbocycles. The molecule has 2 aliphatic heterocycles. The van der Waals surface area contributed by atoms with E-state index in [0.29, 0.717) is 110 Å². The number of fused-ring (bicyclic) bond motifs is 2. The monoisotopic (exact) mass is 1070 g/mol. The van der Waals surface area contributed by atoms with E-state index in [1.54, 1.807) is 49.1 Å². The summed E-state index contributed by atoms with van der Waals surface area (Å²) in [5.74, 6) is 2.11. The predicted molar refractivity (Wildman–Crippen MR) is 305 cm³/mol. The summed E-state index contributed by atoms with van der Waals surface area (Å²) >= 11 is 0. The number of aromatic nitrogens is 8. The van der Waals surface area contributed by atoms with Crippen molar-refractivity contribution in [3.63, 3.8) is 0 Å². The molecule has 3 atom stereocenters. The molecule has 8 aromatic rings. The van der Waals surface area contributed by atoms with Crippen molar-refractivity contribution in [2.75, 3.05) is 96.5 Å². The van der Waals surface area contributed by atoms with Crippen LogP contribution < -0.4 is 20.1 Å². The Labute approximate surface area is 459 Å². The number of aromatic amines is 2. The van der Waals surface area contributed by atoms with Crippen molar-refractivity contribution in [3.05, 3.63) is 134 Å². The lowest BCUT2D eigenvalue weighted by Gasteiger charge is -2.43. The van der Waals surface area contributed by atoms with Gasteiger partial charge in [-0.05, 0) is 92.7 Å². The molecule has 10 rings (SSSR count). The Hall–Kier alpha value is -8.30. The average molecular weight is 1070 g/mol. The molecule has 20 nitrogen and oxygen atoms in total. The van der Waals surface area contributed by atoms with Crippen molar-refractivity contribution >= 4 is 56.9 Å². The van der Waals surface area contributed by atoms with Gasteiger partial charge < -0.3 is 49.7 Å². The highest BCUT2D eigenvalue weighted by molar-refractivity contribution is 6.00. The number of benzene rings is 2. The molecule has 6 aromatic heterocycles. The molecule has 0 radical (unpaired) electrons. The number of nitrogens with one attached hydrogen (secondary N) is 4. The second kappa shape index (κ2) is 25.4. The van der Waals surface area contributed by atoms with E-state index >= 15 is 0 Å². The largest absolute Gasteiger partial charge is 0.493 e. The number of carbonyl (C=O) groups is 2. The van der Waals surface area contributed by atoms with Crippen molar-refractivity contribution in [1.82, 2.24) is 59.5 Å². The van der Waals surface area contributed by atoms with E-state index in [1.807, 2.05) is 76.5 Å². The summed E-state index contributed by atoms with van der Waals surface area (Å²) in [7, 11) is 2.12. The van der Waals surface area contributed by atoms with Crippen LogP contribution >= 0.6 is 0 Å². The van der Waals surface area contributed by atoms with Gasteiger partial charge in [0, 0.05) is 134 Å². The lowest BCUT2D eigenvalue weighted by Crippen LogP contribution is -2.59. The third kappa shape index (κ3) is 13.5. The summed E-state index contributed by atoms with van der Waals surface area (Å²) < 4.78 is 17.3. The molecular weight excluding hydrogens is 1000 g/mol. The van der Waals surface area contributed by atoms with Crippen LogP contribution in [0.1, 0.15) is 54.1 Å². The van der Waals surface area contributed by atoms with Gasteiger partial charge in [-0.3, -0.25) is 29.4 Å². The van der Waals surface area contributed by atoms with E-state index in [-0.39, 0.29) is 23.8 Å². The first kappa shape index (κ1) is 54.1. The van der Waals surface area contributed by atoms with Crippen LogP contribution in [0.4, 0.5) is 23.3 Å². The van der Waals surface area contributed by atoms with Gasteiger partial charge in [-0.1, -0.05) is 26.3 Å². The van der Waals surface area contributed by atoms with E-state index in [2.05, 4.69) is 77.8 Å². The van der Waals surface area contributed by atoms with Gasteiger partial charge in [0.05, 0.1) is 48.7 Å². The van der Waals surface area contributed by atoms with Crippen LogP contribution in [-0.2, 0) is 4.74 Å². The fourth-order valence-electron chi connectivity index (χ4n) is 10.0. The Bertz CT molecular complexity index is 3380. The number of anilines is 4. The number of hydrogen-bond donors (Lipinski definition) is 5. The molecule has 8 heterocycles. The van der Waals surface area contributed by atoms with Crippen molar-refractivity contribution < 1.29 is 28.9 Å². The minimum Gasteiger partial charge on any atom is -0.493 e. The van der Waals surface area contributed by atoms with E-state index in [4.69, 9.17) is 24.2 Å². The number of carbonyl (C=O) groups excluding carboxylic acids is 2. The van der Waals surface area contributed by atoms with Gasteiger partial charge in [-0.2, -0.15) is 0 Å². The first-order valence-corrected chi connectivity index (χ1v) is 27.1. The Morgan fingerprint density at radius 1 is 0.696 bits per heavy atom. The topological polar surface area (TPSA) is 228 Å². The number of aliphatic hydroxyl groups is 1. The minimum absolute atomic E-state index is 0.0385. The van der Waals surface area contributed by atoms with E-state index < -0.39 is 6.10 Å². The maximum absolute atomic E-state index is 14.1. The van der Waals surface area contributed by atoms with Crippen LogP contribution in [0.3, 0.4) is 0 Å².